The van der Waals surface area contributed by atoms with Crippen LogP contribution in [0.5, 0.6) is 0 Å². The highest BCUT2D eigenvalue weighted by Gasteiger charge is 2.11. The Morgan fingerprint density at radius 1 is 0.909 bits per heavy atom. The van der Waals surface area contributed by atoms with E-state index in [-0.39, 0.29) is 16.6 Å². The fourth-order valence-corrected chi connectivity index (χ4v) is 3.70. The van der Waals surface area contributed by atoms with Gasteiger partial charge < -0.3 is 5.32 Å². The number of anilines is 1. The van der Waals surface area contributed by atoms with Crippen LogP contribution < -0.4 is 21.7 Å². The van der Waals surface area contributed by atoms with Gasteiger partial charge in [0, 0.05) is 11.3 Å². The van der Waals surface area contributed by atoms with Crippen LogP contribution in [0.15, 0.2) is 71.5 Å². The molecule has 33 heavy (non-hydrogen) atoms. The molecule has 0 aliphatic heterocycles. The number of benzene rings is 3. The minimum Gasteiger partial charge on any atom is -0.331 e. The van der Waals surface area contributed by atoms with Crippen molar-refractivity contribution in [2.45, 2.75) is 20.8 Å². The second-order valence-corrected chi connectivity index (χ2v) is 8.05. The molecule has 0 fully saturated rings. The predicted octanol–water partition coefficient (Wildman–Crippen LogP) is 3.94. The molecule has 3 aromatic carbocycles. The number of fused-ring (bicyclic) bond motifs is 1. The molecule has 0 saturated heterocycles. The maximum absolute atomic E-state index is 13.0. The van der Waals surface area contributed by atoms with Crippen LogP contribution in [0.1, 0.15) is 27.3 Å². The molecule has 0 spiro atoms. The van der Waals surface area contributed by atoms with Gasteiger partial charge in [-0.15, -0.1) is 0 Å². The van der Waals surface area contributed by atoms with Crippen molar-refractivity contribution in [3.05, 3.63) is 99.6 Å². The number of nitrogens with one attached hydrogen (secondary N) is 3. The highest BCUT2D eigenvalue weighted by atomic mass is 32.1. The first-order valence-corrected chi connectivity index (χ1v) is 10.8. The average molecular weight is 458 g/mol. The van der Waals surface area contributed by atoms with Crippen molar-refractivity contribution in [3.8, 4) is 5.69 Å². The van der Waals surface area contributed by atoms with Gasteiger partial charge in [0.15, 0.2) is 5.11 Å². The Balaban J connectivity index is 1.46. The van der Waals surface area contributed by atoms with Gasteiger partial charge in [-0.3, -0.25) is 25.0 Å². The number of carbonyl (C=O) groups excluding carboxylic acids is 1. The van der Waals surface area contributed by atoms with Crippen LogP contribution in [0.3, 0.4) is 0 Å². The smallest absolute Gasteiger partial charge is 0.269 e. The molecule has 0 unspecified atom stereocenters. The Bertz CT molecular complexity index is 1430. The molecule has 0 atom stereocenters. The summed E-state index contributed by atoms with van der Waals surface area (Å²) in [5, 5.41) is 3.89. The zero-order chi connectivity index (χ0) is 23.5. The molecule has 8 heteroatoms. The van der Waals surface area contributed by atoms with E-state index in [0.29, 0.717) is 28.0 Å². The average Bonchev–Trinajstić information content (AvgIpc) is 2.81. The number of aryl methyl sites for hydroxylation is 2. The van der Waals surface area contributed by atoms with Gasteiger partial charge in [0.05, 0.1) is 16.6 Å². The maximum atomic E-state index is 13.0. The number of carbonyl (C=O) groups is 1. The van der Waals surface area contributed by atoms with Gasteiger partial charge in [0.2, 0.25) is 0 Å². The summed E-state index contributed by atoms with van der Waals surface area (Å²) in [7, 11) is 0. The third-order valence-electron chi connectivity index (χ3n) is 5.47. The van der Waals surface area contributed by atoms with Crippen molar-refractivity contribution in [1.29, 1.82) is 0 Å². The highest BCUT2D eigenvalue weighted by molar-refractivity contribution is 7.80. The molecule has 4 aromatic rings. The summed E-state index contributed by atoms with van der Waals surface area (Å²) in [6.07, 6.45) is 0. The van der Waals surface area contributed by atoms with E-state index in [1.807, 2.05) is 50.2 Å². The quantitative estimate of drug-likeness (QED) is 0.319. The first kappa shape index (κ1) is 22.2. The zero-order valence-electron chi connectivity index (χ0n) is 18.5. The minimum atomic E-state index is -0.354. The topological polar surface area (TPSA) is 88.0 Å². The van der Waals surface area contributed by atoms with E-state index in [0.717, 1.165) is 16.8 Å². The third-order valence-corrected chi connectivity index (χ3v) is 5.68. The lowest BCUT2D eigenvalue weighted by Crippen LogP contribution is -2.43. The van der Waals surface area contributed by atoms with Gasteiger partial charge in [-0.05, 0) is 86.6 Å². The lowest BCUT2D eigenvalue weighted by Gasteiger charge is -2.14. The second-order valence-electron chi connectivity index (χ2n) is 7.64. The molecule has 0 radical (unpaired) electrons. The summed E-state index contributed by atoms with van der Waals surface area (Å²) in [6.45, 7) is 5.80. The zero-order valence-corrected chi connectivity index (χ0v) is 19.3. The lowest BCUT2D eigenvalue weighted by atomic mass is 10.1. The molecular formula is C25H23N5O2S. The lowest BCUT2D eigenvalue weighted by molar-refractivity contribution is 0.0944. The summed E-state index contributed by atoms with van der Waals surface area (Å²) in [5.41, 5.74) is 9.95. The standard InChI is InChI=1S/C25H23N5O2S/c1-15-7-6-10-21(16(15)2)27-25(33)29-28-23(31)18-11-13-19(14-12-18)30-17(3)26-22-9-5-4-8-20(22)24(30)32/h4-14H,1-3H3,(H,28,31)(H2,27,29,33). The van der Waals surface area contributed by atoms with E-state index in [2.05, 4.69) is 21.2 Å². The fraction of sp³-hybridized carbons (Fsp3) is 0.120. The largest absolute Gasteiger partial charge is 0.331 e. The predicted molar refractivity (Wildman–Crippen MR) is 135 cm³/mol. The van der Waals surface area contributed by atoms with Crippen LogP contribution in [-0.4, -0.2) is 20.6 Å². The van der Waals surface area contributed by atoms with Crippen molar-refractivity contribution in [1.82, 2.24) is 20.4 Å². The Morgan fingerprint density at radius 3 is 2.39 bits per heavy atom. The van der Waals surface area contributed by atoms with E-state index < -0.39 is 0 Å². The molecular weight excluding hydrogens is 434 g/mol. The van der Waals surface area contributed by atoms with Gasteiger partial charge in [0.25, 0.3) is 11.5 Å². The van der Waals surface area contributed by atoms with Crippen LogP contribution in [0, 0.1) is 20.8 Å². The van der Waals surface area contributed by atoms with Crippen LogP contribution in [0.2, 0.25) is 0 Å². The van der Waals surface area contributed by atoms with Crippen LogP contribution >= 0.6 is 12.2 Å². The van der Waals surface area contributed by atoms with Gasteiger partial charge in [-0.25, -0.2) is 4.98 Å². The van der Waals surface area contributed by atoms with E-state index in [1.165, 1.54) is 4.57 Å². The summed E-state index contributed by atoms with van der Waals surface area (Å²) >= 11 is 5.28. The summed E-state index contributed by atoms with van der Waals surface area (Å²) in [5.74, 6) is 0.216. The number of hydrogen-bond donors (Lipinski definition) is 3. The number of rotatable bonds is 3. The number of thiocarbonyl (C=S) groups is 1. The maximum Gasteiger partial charge on any atom is 0.269 e. The number of hydrogen-bond acceptors (Lipinski definition) is 4. The monoisotopic (exact) mass is 457 g/mol. The Labute approximate surface area is 196 Å². The Hall–Kier alpha value is -4.04. The normalized spacial score (nSPS) is 10.6. The molecule has 3 N–H and O–H groups in total. The van der Waals surface area contributed by atoms with Crippen LogP contribution in [0.25, 0.3) is 16.6 Å². The first-order chi connectivity index (χ1) is 15.8. The summed E-state index contributed by atoms with van der Waals surface area (Å²) in [6, 6.07) is 19.8. The van der Waals surface area contributed by atoms with E-state index in [1.54, 1.807) is 37.3 Å². The Morgan fingerprint density at radius 2 is 1.64 bits per heavy atom. The highest BCUT2D eigenvalue weighted by Crippen LogP contribution is 2.17. The second kappa shape index (κ2) is 9.22. The first-order valence-electron chi connectivity index (χ1n) is 10.4. The molecule has 166 valence electrons. The molecule has 0 aliphatic rings. The van der Waals surface area contributed by atoms with Crippen LogP contribution in [-0.2, 0) is 0 Å². The number of nitrogens with zero attached hydrogens (tertiary/aromatic N) is 2. The van der Waals surface area contributed by atoms with E-state index in [4.69, 9.17) is 12.2 Å². The fourth-order valence-electron chi connectivity index (χ4n) is 3.54. The summed E-state index contributed by atoms with van der Waals surface area (Å²) in [4.78, 5) is 30.0. The number of aromatic nitrogens is 2. The number of amides is 1. The molecule has 1 amide bonds. The van der Waals surface area contributed by atoms with Crippen molar-refractivity contribution >= 4 is 39.8 Å². The third kappa shape index (κ3) is 4.61. The Kier molecular flexibility index (Phi) is 6.19. The van der Waals surface area contributed by atoms with Gasteiger partial charge in [-0.2, -0.15) is 0 Å². The van der Waals surface area contributed by atoms with Crippen molar-refractivity contribution in [2.24, 2.45) is 0 Å². The molecule has 0 bridgehead atoms. The molecule has 4 rings (SSSR count). The molecule has 0 saturated carbocycles. The van der Waals surface area contributed by atoms with Gasteiger partial charge >= 0.3 is 0 Å². The molecule has 1 heterocycles. The summed E-state index contributed by atoms with van der Waals surface area (Å²) < 4.78 is 1.53. The molecule has 7 nitrogen and oxygen atoms in total. The number of hydrazine groups is 1. The van der Waals surface area contributed by atoms with Gasteiger partial charge in [-0.1, -0.05) is 24.3 Å². The molecule has 1 aromatic heterocycles. The van der Waals surface area contributed by atoms with Crippen molar-refractivity contribution in [3.63, 3.8) is 0 Å². The van der Waals surface area contributed by atoms with E-state index >= 15 is 0 Å². The van der Waals surface area contributed by atoms with Crippen molar-refractivity contribution in [2.75, 3.05) is 5.32 Å². The SMILES string of the molecule is Cc1cccc(NC(=S)NNC(=O)c2ccc(-n3c(C)nc4ccccc4c3=O)cc2)c1C. The van der Waals surface area contributed by atoms with Crippen molar-refractivity contribution < 1.29 is 4.79 Å². The number of para-hydroxylation sites is 1. The van der Waals surface area contributed by atoms with Crippen LogP contribution in [0.4, 0.5) is 5.69 Å². The molecule has 0 aliphatic carbocycles. The minimum absolute atomic E-state index is 0.153. The van der Waals surface area contributed by atoms with E-state index in [9.17, 15) is 9.59 Å². The van der Waals surface area contributed by atoms with Gasteiger partial charge in [0.1, 0.15) is 5.82 Å².